The molecular formula is C16H11Cl2N3O3. The minimum Gasteiger partial charge on any atom is -0.497 e. The molecule has 122 valence electrons. The second-order valence-corrected chi connectivity index (χ2v) is 5.48. The van der Waals surface area contributed by atoms with Gasteiger partial charge in [-0.2, -0.15) is 0 Å². The van der Waals surface area contributed by atoms with Crippen LogP contribution in [-0.2, 0) is 0 Å². The quantitative estimate of drug-likeness (QED) is 0.747. The van der Waals surface area contributed by atoms with Gasteiger partial charge in [-0.1, -0.05) is 29.3 Å². The largest absolute Gasteiger partial charge is 0.497 e. The number of hydrogen-bond acceptors (Lipinski definition) is 5. The number of nitrogens with one attached hydrogen (secondary N) is 1. The van der Waals surface area contributed by atoms with Gasteiger partial charge in [0.2, 0.25) is 5.89 Å². The summed E-state index contributed by atoms with van der Waals surface area (Å²) in [6.07, 6.45) is 0. The van der Waals surface area contributed by atoms with Crippen molar-refractivity contribution in [3.63, 3.8) is 0 Å². The van der Waals surface area contributed by atoms with E-state index in [4.69, 9.17) is 32.4 Å². The maximum absolute atomic E-state index is 12.2. The molecule has 1 amide bonds. The number of halogens is 2. The third-order valence-electron chi connectivity index (χ3n) is 3.16. The minimum absolute atomic E-state index is 0.183. The number of ether oxygens (including phenoxy) is 1. The van der Waals surface area contributed by atoms with E-state index in [-0.39, 0.29) is 16.8 Å². The fourth-order valence-corrected chi connectivity index (χ4v) is 2.29. The van der Waals surface area contributed by atoms with Gasteiger partial charge in [-0.3, -0.25) is 4.79 Å². The number of rotatable bonds is 4. The summed E-state index contributed by atoms with van der Waals surface area (Å²) in [6, 6.07) is 11.9. The zero-order valence-electron chi connectivity index (χ0n) is 12.4. The number of methoxy groups -OCH3 is 1. The Bertz CT molecular complexity index is 879. The average molecular weight is 364 g/mol. The number of carbonyl (C=O) groups excluding carboxylic acids is 1. The third-order valence-corrected chi connectivity index (χ3v) is 3.97. The van der Waals surface area contributed by atoms with Crippen molar-refractivity contribution in [2.24, 2.45) is 0 Å². The maximum atomic E-state index is 12.2. The van der Waals surface area contributed by atoms with E-state index in [2.05, 4.69) is 15.5 Å². The zero-order chi connectivity index (χ0) is 17.1. The Balaban J connectivity index is 1.79. The summed E-state index contributed by atoms with van der Waals surface area (Å²) in [5.41, 5.74) is 1.03. The van der Waals surface area contributed by atoms with Crippen molar-refractivity contribution in [3.8, 4) is 17.2 Å². The topological polar surface area (TPSA) is 77.2 Å². The summed E-state index contributed by atoms with van der Waals surface area (Å²) in [4.78, 5) is 12.2. The molecule has 0 bridgehead atoms. The van der Waals surface area contributed by atoms with Gasteiger partial charge in [0.1, 0.15) is 5.75 Å². The molecule has 0 fully saturated rings. The van der Waals surface area contributed by atoms with E-state index in [1.165, 1.54) is 0 Å². The standard InChI is InChI=1S/C16H11Cl2N3O3/c1-23-10-7-5-9(6-8-10)15-20-21-16(24-15)14(22)19-12-4-2-3-11(17)13(12)18/h2-8H,1H3,(H,19,22). The van der Waals surface area contributed by atoms with E-state index >= 15 is 0 Å². The second kappa shape index (κ2) is 6.90. The number of carbonyl (C=O) groups is 1. The lowest BCUT2D eigenvalue weighted by Crippen LogP contribution is -2.12. The van der Waals surface area contributed by atoms with Gasteiger partial charge in [0.15, 0.2) is 0 Å². The van der Waals surface area contributed by atoms with Crippen molar-refractivity contribution in [1.82, 2.24) is 10.2 Å². The number of nitrogens with zero attached hydrogens (tertiary/aromatic N) is 2. The van der Waals surface area contributed by atoms with Crippen molar-refractivity contribution in [1.29, 1.82) is 0 Å². The molecule has 1 heterocycles. The molecule has 0 saturated carbocycles. The van der Waals surface area contributed by atoms with Crippen LogP contribution in [0.2, 0.25) is 10.0 Å². The number of hydrogen-bond donors (Lipinski definition) is 1. The molecule has 3 aromatic rings. The van der Waals surface area contributed by atoms with Gasteiger partial charge in [0.05, 0.1) is 22.8 Å². The Hall–Kier alpha value is -2.57. The molecule has 0 aliphatic carbocycles. The summed E-state index contributed by atoms with van der Waals surface area (Å²) < 4.78 is 10.5. The molecule has 0 saturated heterocycles. The summed E-state index contributed by atoms with van der Waals surface area (Å²) >= 11 is 11.9. The van der Waals surface area contributed by atoms with Crippen LogP contribution in [0.4, 0.5) is 5.69 Å². The molecule has 0 radical (unpaired) electrons. The first kappa shape index (κ1) is 16.3. The number of anilines is 1. The predicted molar refractivity (Wildman–Crippen MR) is 90.7 cm³/mol. The fourth-order valence-electron chi connectivity index (χ4n) is 1.94. The molecule has 3 rings (SSSR count). The lowest BCUT2D eigenvalue weighted by Gasteiger charge is -2.05. The van der Waals surface area contributed by atoms with Crippen LogP contribution >= 0.6 is 23.2 Å². The van der Waals surface area contributed by atoms with Crippen molar-refractivity contribution in [2.75, 3.05) is 12.4 Å². The zero-order valence-corrected chi connectivity index (χ0v) is 13.9. The first-order chi connectivity index (χ1) is 11.6. The monoisotopic (exact) mass is 363 g/mol. The van der Waals surface area contributed by atoms with Crippen LogP contribution in [0.1, 0.15) is 10.7 Å². The van der Waals surface area contributed by atoms with E-state index in [1.54, 1.807) is 49.6 Å². The van der Waals surface area contributed by atoms with Crippen LogP contribution in [0, 0.1) is 0 Å². The van der Waals surface area contributed by atoms with Gasteiger partial charge >= 0.3 is 11.8 Å². The van der Waals surface area contributed by atoms with Crippen molar-refractivity contribution in [3.05, 3.63) is 58.4 Å². The Morgan fingerprint density at radius 2 is 1.88 bits per heavy atom. The van der Waals surface area contributed by atoms with Gasteiger partial charge in [0.25, 0.3) is 0 Å². The molecule has 24 heavy (non-hydrogen) atoms. The highest BCUT2D eigenvalue weighted by molar-refractivity contribution is 6.44. The smallest absolute Gasteiger partial charge is 0.313 e. The van der Waals surface area contributed by atoms with E-state index in [0.29, 0.717) is 22.0 Å². The number of amides is 1. The Morgan fingerprint density at radius 3 is 2.58 bits per heavy atom. The van der Waals surface area contributed by atoms with Crippen molar-refractivity contribution < 1.29 is 13.9 Å². The summed E-state index contributed by atoms with van der Waals surface area (Å²) in [5, 5.41) is 10.8. The average Bonchev–Trinajstić information content (AvgIpc) is 3.09. The molecule has 1 N–H and O–H groups in total. The molecule has 0 spiro atoms. The van der Waals surface area contributed by atoms with Crippen LogP contribution in [0.25, 0.3) is 11.5 Å². The van der Waals surface area contributed by atoms with E-state index < -0.39 is 5.91 Å². The predicted octanol–water partition coefficient (Wildman–Crippen LogP) is 4.30. The molecule has 1 aromatic heterocycles. The van der Waals surface area contributed by atoms with Gasteiger partial charge in [-0.25, -0.2) is 0 Å². The molecule has 0 atom stereocenters. The van der Waals surface area contributed by atoms with Gasteiger partial charge in [-0.05, 0) is 36.4 Å². The molecule has 0 aliphatic heterocycles. The van der Waals surface area contributed by atoms with Crippen LogP contribution in [0.5, 0.6) is 5.75 Å². The fraction of sp³-hybridized carbons (Fsp3) is 0.0625. The highest BCUT2D eigenvalue weighted by atomic mass is 35.5. The highest BCUT2D eigenvalue weighted by Crippen LogP contribution is 2.30. The van der Waals surface area contributed by atoms with E-state index in [1.807, 2.05) is 0 Å². The Kier molecular flexibility index (Phi) is 4.69. The highest BCUT2D eigenvalue weighted by Gasteiger charge is 2.17. The number of benzene rings is 2. The summed E-state index contributed by atoms with van der Waals surface area (Å²) in [5.74, 6) is 0.162. The van der Waals surface area contributed by atoms with Gasteiger partial charge < -0.3 is 14.5 Å². The van der Waals surface area contributed by atoms with Crippen molar-refractivity contribution >= 4 is 34.8 Å². The van der Waals surface area contributed by atoms with Gasteiger partial charge in [-0.15, -0.1) is 10.2 Å². The molecule has 0 aliphatic rings. The first-order valence-electron chi connectivity index (χ1n) is 6.82. The van der Waals surface area contributed by atoms with Crippen LogP contribution in [0.15, 0.2) is 46.9 Å². The molecule has 6 nitrogen and oxygen atoms in total. The first-order valence-corrected chi connectivity index (χ1v) is 7.57. The lowest BCUT2D eigenvalue weighted by molar-refractivity contribution is 0.0991. The Morgan fingerprint density at radius 1 is 1.12 bits per heavy atom. The summed E-state index contributed by atoms with van der Waals surface area (Å²) in [7, 11) is 1.57. The molecular weight excluding hydrogens is 353 g/mol. The Labute approximate surface area is 147 Å². The second-order valence-electron chi connectivity index (χ2n) is 4.70. The SMILES string of the molecule is COc1ccc(-c2nnc(C(=O)Nc3cccc(Cl)c3Cl)o2)cc1. The van der Waals surface area contributed by atoms with Crippen molar-refractivity contribution in [2.45, 2.75) is 0 Å². The van der Waals surface area contributed by atoms with Crippen LogP contribution < -0.4 is 10.1 Å². The third kappa shape index (κ3) is 3.34. The van der Waals surface area contributed by atoms with E-state index in [0.717, 1.165) is 0 Å². The number of aromatic nitrogens is 2. The molecule has 2 aromatic carbocycles. The van der Waals surface area contributed by atoms with E-state index in [9.17, 15) is 4.79 Å². The van der Waals surface area contributed by atoms with Crippen LogP contribution in [-0.4, -0.2) is 23.2 Å². The van der Waals surface area contributed by atoms with Crippen LogP contribution in [0.3, 0.4) is 0 Å². The normalized spacial score (nSPS) is 10.5. The lowest BCUT2D eigenvalue weighted by atomic mass is 10.2. The minimum atomic E-state index is -0.577. The maximum Gasteiger partial charge on any atom is 0.313 e. The van der Waals surface area contributed by atoms with Gasteiger partial charge in [0, 0.05) is 5.56 Å². The summed E-state index contributed by atoms with van der Waals surface area (Å²) in [6.45, 7) is 0. The molecule has 0 unspecified atom stereocenters. The molecule has 8 heteroatoms.